The summed E-state index contributed by atoms with van der Waals surface area (Å²) in [6.07, 6.45) is -0.938. The number of hydrogen-bond donors (Lipinski definition) is 1. The number of benzene rings is 1. The molecule has 0 radical (unpaired) electrons. The van der Waals surface area contributed by atoms with Crippen LogP contribution in [-0.2, 0) is 9.53 Å². The van der Waals surface area contributed by atoms with Crippen LogP contribution < -0.4 is 0 Å². The molecule has 0 aliphatic carbocycles. The Morgan fingerprint density at radius 1 is 1.47 bits per heavy atom. The van der Waals surface area contributed by atoms with E-state index in [-0.39, 0.29) is 5.57 Å². The first-order valence-corrected chi connectivity index (χ1v) is 6.56. The van der Waals surface area contributed by atoms with E-state index < -0.39 is 12.1 Å². The molecule has 92 valence electrons. The lowest BCUT2D eigenvalue weighted by Gasteiger charge is -2.13. The molecular formula is C13H15IO3. The fourth-order valence-electron chi connectivity index (χ4n) is 1.36. The number of hydrogen-bond acceptors (Lipinski definition) is 3. The van der Waals surface area contributed by atoms with Crippen molar-refractivity contribution < 1.29 is 14.6 Å². The summed E-state index contributed by atoms with van der Waals surface area (Å²) in [5.74, 6) is -0.477. The molecule has 0 amide bonds. The van der Waals surface area contributed by atoms with E-state index in [0.717, 1.165) is 5.56 Å². The maximum atomic E-state index is 11.6. The van der Waals surface area contributed by atoms with Crippen LogP contribution in [0.15, 0.2) is 33.9 Å². The molecule has 1 rings (SSSR count). The molecule has 1 atom stereocenters. The second-order valence-electron chi connectivity index (χ2n) is 3.60. The van der Waals surface area contributed by atoms with E-state index in [1.807, 2.05) is 41.6 Å². The molecule has 1 aromatic carbocycles. The van der Waals surface area contributed by atoms with Gasteiger partial charge in [-0.2, -0.15) is 0 Å². The Balaban J connectivity index is 2.90. The quantitative estimate of drug-likeness (QED) is 0.518. The topological polar surface area (TPSA) is 46.5 Å². The summed E-state index contributed by atoms with van der Waals surface area (Å²) in [5, 5.41) is 10.1. The number of esters is 1. The van der Waals surface area contributed by atoms with Crippen molar-refractivity contribution in [3.8, 4) is 0 Å². The van der Waals surface area contributed by atoms with Crippen molar-refractivity contribution in [2.45, 2.75) is 20.0 Å². The minimum atomic E-state index is -0.938. The first-order chi connectivity index (χ1) is 8.10. The summed E-state index contributed by atoms with van der Waals surface area (Å²) < 4.78 is 6.45. The highest BCUT2D eigenvalue weighted by molar-refractivity contribution is 14.1. The van der Waals surface area contributed by atoms with Gasteiger partial charge in [-0.1, -0.05) is 52.4 Å². The number of carbonyl (C=O) groups is 1. The molecule has 0 spiro atoms. The van der Waals surface area contributed by atoms with Crippen LogP contribution in [0.25, 0.3) is 0 Å². The van der Waals surface area contributed by atoms with Crippen LogP contribution in [0.2, 0.25) is 0 Å². The van der Waals surface area contributed by atoms with E-state index in [9.17, 15) is 9.90 Å². The lowest BCUT2D eigenvalue weighted by molar-refractivity contribution is -0.139. The Bertz CT molecular complexity index is 409. The fourth-order valence-corrected chi connectivity index (χ4v) is 1.95. The molecule has 1 aromatic rings. The van der Waals surface area contributed by atoms with Gasteiger partial charge in [0, 0.05) is 0 Å². The predicted octanol–water partition coefficient (Wildman–Crippen LogP) is 2.91. The second kappa shape index (κ2) is 6.76. The summed E-state index contributed by atoms with van der Waals surface area (Å²) in [5.41, 5.74) is 2.06. The number of aryl methyl sites for hydroxylation is 1. The van der Waals surface area contributed by atoms with Gasteiger partial charge in [0.25, 0.3) is 0 Å². The van der Waals surface area contributed by atoms with E-state index in [1.165, 1.54) is 0 Å². The highest BCUT2D eigenvalue weighted by atomic mass is 127. The third-order valence-electron chi connectivity index (χ3n) is 2.32. The van der Waals surface area contributed by atoms with E-state index in [1.54, 1.807) is 23.1 Å². The highest BCUT2D eigenvalue weighted by Gasteiger charge is 2.20. The molecule has 4 heteroatoms. The first kappa shape index (κ1) is 14.2. The van der Waals surface area contributed by atoms with Gasteiger partial charge in [-0.3, -0.25) is 0 Å². The lowest BCUT2D eigenvalue weighted by atomic mass is 10.0. The molecule has 0 heterocycles. The van der Waals surface area contributed by atoms with Crippen molar-refractivity contribution >= 4 is 28.6 Å². The Morgan fingerprint density at radius 2 is 2.06 bits per heavy atom. The van der Waals surface area contributed by atoms with Crippen molar-refractivity contribution in [3.05, 3.63) is 45.0 Å². The Morgan fingerprint density at radius 3 is 2.53 bits per heavy atom. The van der Waals surface area contributed by atoms with Gasteiger partial charge in [-0.05, 0) is 23.5 Å². The molecule has 0 aliphatic rings. The molecule has 0 aliphatic heterocycles. The molecule has 0 bridgehead atoms. The first-order valence-electron chi connectivity index (χ1n) is 5.32. The largest absolute Gasteiger partial charge is 0.463 e. The zero-order valence-electron chi connectivity index (χ0n) is 9.81. The van der Waals surface area contributed by atoms with Gasteiger partial charge < -0.3 is 9.84 Å². The van der Waals surface area contributed by atoms with Crippen LogP contribution in [0.4, 0.5) is 0 Å². The number of halogens is 1. The van der Waals surface area contributed by atoms with Crippen molar-refractivity contribution in [2.75, 3.05) is 6.61 Å². The van der Waals surface area contributed by atoms with E-state index in [2.05, 4.69) is 0 Å². The highest BCUT2D eigenvalue weighted by Crippen LogP contribution is 2.24. The lowest BCUT2D eigenvalue weighted by Crippen LogP contribution is -2.14. The third-order valence-corrected chi connectivity index (χ3v) is 2.99. The van der Waals surface area contributed by atoms with Crippen molar-refractivity contribution in [2.24, 2.45) is 0 Å². The number of carbonyl (C=O) groups excluding carboxylic acids is 1. The van der Waals surface area contributed by atoms with Crippen LogP contribution in [0.1, 0.15) is 24.2 Å². The molecule has 0 aromatic heterocycles. The van der Waals surface area contributed by atoms with Gasteiger partial charge in [0.05, 0.1) is 12.2 Å². The normalized spacial score (nSPS) is 13.3. The summed E-state index contributed by atoms with van der Waals surface area (Å²) >= 11 is 1.93. The summed E-state index contributed by atoms with van der Waals surface area (Å²) in [7, 11) is 0. The van der Waals surface area contributed by atoms with Crippen LogP contribution in [0, 0.1) is 6.92 Å². The molecule has 0 fully saturated rings. The van der Waals surface area contributed by atoms with Crippen LogP contribution in [0.5, 0.6) is 0 Å². The van der Waals surface area contributed by atoms with E-state index in [0.29, 0.717) is 12.2 Å². The van der Waals surface area contributed by atoms with Crippen LogP contribution in [-0.4, -0.2) is 17.7 Å². The molecule has 0 saturated heterocycles. The number of aliphatic hydroxyl groups is 1. The molecule has 0 saturated carbocycles. The molecule has 1 N–H and O–H groups in total. The predicted molar refractivity (Wildman–Crippen MR) is 74.9 cm³/mol. The van der Waals surface area contributed by atoms with Crippen molar-refractivity contribution in [3.63, 3.8) is 0 Å². The number of rotatable bonds is 4. The monoisotopic (exact) mass is 346 g/mol. The Labute approximate surface area is 115 Å². The van der Waals surface area contributed by atoms with Gasteiger partial charge in [-0.25, -0.2) is 4.79 Å². The van der Waals surface area contributed by atoms with Crippen LogP contribution >= 0.6 is 22.6 Å². The standard InChI is InChI=1S/C13H15IO3/c1-3-17-13(16)11(8-14)12(15)10-6-4-9(2)5-7-10/h4-8,12,15H,3H2,1-2H3. The SMILES string of the molecule is CCOC(=O)C(=CI)C(O)c1ccc(C)cc1. The van der Waals surface area contributed by atoms with Gasteiger partial charge >= 0.3 is 5.97 Å². The Kier molecular flexibility index (Phi) is 5.64. The van der Waals surface area contributed by atoms with Gasteiger partial charge in [0.15, 0.2) is 0 Å². The Hall–Kier alpha value is -0.880. The minimum Gasteiger partial charge on any atom is -0.463 e. The summed E-state index contributed by atoms with van der Waals surface area (Å²) in [6, 6.07) is 7.40. The molecule has 17 heavy (non-hydrogen) atoms. The average Bonchev–Trinajstić information content (AvgIpc) is 2.31. The van der Waals surface area contributed by atoms with E-state index in [4.69, 9.17) is 4.74 Å². The molecule has 1 unspecified atom stereocenters. The summed E-state index contributed by atoms with van der Waals surface area (Å²) in [4.78, 5) is 11.6. The average molecular weight is 346 g/mol. The third kappa shape index (κ3) is 3.81. The summed E-state index contributed by atoms with van der Waals surface area (Å²) in [6.45, 7) is 4.00. The van der Waals surface area contributed by atoms with Crippen molar-refractivity contribution in [1.82, 2.24) is 0 Å². The maximum Gasteiger partial charge on any atom is 0.337 e. The number of ether oxygens (including phenoxy) is 1. The minimum absolute atomic E-state index is 0.260. The second-order valence-corrected chi connectivity index (χ2v) is 4.22. The van der Waals surface area contributed by atoms with E-state index >= 15 is 0 Å². The number of aliphatic hydroxyl groups excluding tert-OH is 1. The van der Waals surface area contributed by atoms with Gasteiger partial charge in [0.2, 0.25) is 0 Å². The fraction of sp³-hybridized carbons (Fsp3) is 0.308. The zero-order valence-corrected chi connectivity index (χ0v) is 12.0. The van der Waals surface area contributed by atoms with Crippen molar-refractivity contribution in [1.29, 1.82) is 0 Å². The van der Waals surface area contributed by atoms with Gasteiger partial charge in [0.1, 0.15) is 6.10 Å². The van der Waals surface area contributed by atoms with Crippen LogP contribution in [0.3, 0.4) is 0 Å². The molecular weight excluding hydrogens is 331 g/mol. The molecule has 3 nitrogen and oxygen atoms in total. The maximum absolute atomic E-state index is 11.6. The van der Waals surface area contributed by atoms with Gasteiger partial charge in [-0.15, -0.1) is 0 Å². The smallest absolute Gasteiger partial charge is 0.337 e. The zero-order chi connectivity index (χ0) is 12.8.